The molecule has 1 aromatic rings. The quantitative estimate of drug-likeness (QED) is 0.860. The Hall–Kier alpha value is -1.61. The van der Waals surface area contributed by atoms with Gasteiger partial charge in [-0.25, -0.2) is 0 Å². The second-order valence-corrected chi connectivity index (χ2v) is 8.54. The molecule has 144 valence electrons. The number of aliphatic hydroxyl groups is 1. The van der Waals surface area contributed by atoms with Crippen LogP contribution in [0, 0.1) is 0 Å². The third kappa shape index (κ3) is 3.59. The van der Waals surface area contributed by atoms with Crippen LogP contribution in [0.2, 0.25) is 0 Å². The van der Waals surface area contributed by atoms with Gasteiger partial charge in [-0.2, -0.15) is 13.2 Å². The molecule has 0 bridgehead atoms. The number of fused-ring (bicyclic) bond motifs is 1. The number of nitrogens with zero attached hydrogens (tertiary/aromatic N) is 1. The monoisotopic (exact) mass is 391 g/mol. The van der Waals surface area contributed by atoms with Gasteiger partial charge in [0.25, 0.3) is 0 Å². The van der Waals surface area contributed by atoms with Gasteiger partial charge >= 0.3 is 6.18 Å². The molecule has 2 aliphatic rings. The lowest BCUT2D eigenvalue weighted by Gasteiger charge is -2.45. The highest BCUT2D eigenvalue weighted by Crippen LogP contribution is 2.44. The van der Waals surface area contributed by atoms with Crippen LogP contribution >= 0.6 is 0 Å². The summed E-state index contributed by atoms with van der Waals surface area (Å²) in [6.07, 6.45) is -4.61. The summed E-state index contributed by atoms with van der Waals surface area (Å²) in [6, 6.07) is 3.40. The number of likely N-dealkylation sites (tertiary alicyclic amines) is 1. The summed E-state index contributed by atoms with van der Waals surface area (Å²) in [5, 5.41) is 10.8. The fraction of sp³-hybridized carbons (Fsp3) is 0.588. The minimum atomic E-state index is -4.55. The number of alkyl halides is 3. The predicted octanol–water partition coefficient (Wildman–Crippen LogP) is 2.55. The molecular weight excluding hydrogens is 371 g/mol. The molecular formula is C17H20F3NO4S. The van der Waals surface area contributed by atoms with Crippen LogP contribution in [-0.2, 0) is 15.6 Å². The van der Waals surface area contributed by atoms with E-state index in [0.29, 0.717) is 30.7 Å². The zero-order chi connectivity index (χ0) is 19.3. The average molecular weight is 391 g/mol. The third-order valence-corrected chi connectivity index (χ3v) is 6.06. The van der Waals surface area contributed by atoms with Crippen LogP contribution in [0.25, 0.3) is 0 Å². The number of hydrogen-bond donors (Lipinski definition) is 1. The number of rotatable bonds is 3. The van der Waals surface area contributed by atoms with E-state index in [1.54, 1.807) is 13.8 Å². The molecule has 9 heteroatoms. The molecule has 2 heterocycles. The molecule has 3 rings (SSSR count). The molecule has 0 radical (unpaired) electrons. The van der Waals surface area contributed by atoms with Gasteiger partial charge in [0.2, 0.25) is 5.91 Å². The lowest BCUT2D eigenvalue weighted by atomic mass is 9.85. The lowest BCUT2D eigenvalue weighted by Crippen LogP contribution is -2.53. The predicted molar refractivity (Wildman–Crippen MR) is 88.2 cm³/mol. The highest BCUT2D eigenvalue weighted by molar-refractivity contribution is 7.85. The van der Waals surface area contributed by atoms with Gasteiger partial charge in [0.1, 0.15) is 23.2 Å². The highest BCUT2D eigenvalue weighted by Gasteiger charge is 2.47. The minimum absolute atomic E-state index is 0.00627. The van der Waals surface area contributed by atoms with Crippen LogP contribution in [0.4, 0.5) is 13.2 Å². The van der Waals surface area contributed by atoms with E-state index in [4.69, 9.17) is 4.74 Å². The summed E-state index contributed by atoms with van der Waals surface area (Å²) in [7, 11) is -2.27. The van der Waals surface area contributed by atoms with Gasteiger partial charge in [-0.3, -0.25) is 9.00 Å². The number of hydrogen-bond acceptors (Lipinski definition) is 4. The summed E-state index contributed by atoms with van der Waals surface area (Å²) < 4.78 is 55.5. The largest absolute Gasteiger partial charge is 0.485 e. The van der Waals surface area contributed by atoms with Crippen molar-refractivity contribution in [3.8, 4) is 5.75 Å². The molecule has 0 saturated carbocycles. The molecule has 1 N–H and O–H groups in total. The second kappa shape index (κ2) is 6.53. The Morgan fingerprint density at radius 2 is 2.08 bits per heavy atom. The van der Waals surface area contributed by atoms with Crippen molar-refractivity contribution in [2.24, 2.45) is 0 Å². The zero-order valence-electron chi connectivity index (χ0n) is 14.4. The number of halogens is 3. The van der Waals surface area contributed by atoms with E-state index in [1.807, 2.05) is 0 Å². The Bertz CT molecular complexity index is 750. The summed E-state index contributed by atoms with van der Waals surface area (Å²) in [5.74, 6) is -1.20. The second-order valence-electron chi connectivity index (χ2n) is 7.09. The van der Waals surface area contributed by atoms with Crippen molar-refractivity contribution in [3.63, 3.8) is 0 Å². The van der Waals surface area contributed by atoms with Crippen LogP contribution < -0.4 is 4.74 Å². The van der Waals surface area contributed by atoms with Crippen molar-refractivity contribution in [2.75, 3.05) is 12.3 Å². The molecule has 26 heavy (non-hydrogen) atoms. The molecule has 3 atom stereocenters. The van der Waals surface area contributed by atoms with Crippen molar-refractivity contribution in [3.05, 3.63) is 23.8 Å². The molecule has 1 amide bonds. The Kier molecular flexibility index (Phi) is 4.81. The Balaban J connectivity index is 2.03. The van der Waals surface area contributed by atoms with Crippen LogP contribution in [0.15, 0.2) is 23.1 Å². The molecule has 0 spiro atoms. The van der Waals surface area contributed by atoms with Gasteiger partial charge in [0, 0.05) is 23.4 Å². The lowest BCUT2D eigenvalue weighted by molar-refractivity contribution is -0.139. The summed E-state index contributed by atoms with van der Waals surface area (Å²) in [6.45, 7) is 3.82. The molecule has 0 aliphatic carbocycles. The van der Waals surface area contributed by atoms with Crippen molar-refractivity contribution in [1.82, 2.24) is 4.90 Å². The maximum atomic E-state index is 12.6. The fourth-order valence-corrected chi connectivity index (χ4v) is 4.36. The smallest absolute Gasteiger partial charge is 0.400 e. The molecule has 0 aromatic heterocycles. The number of carbonyl (C=O) groups is 1. The third-order valence-electron chi connectivity index (χ3n) is 4.69. The number of aliphatic hydroxyl groups excluding tert-OH is 1. The average Bonchev–Trinajstić information content (AvgIpc) is 2.92. The van der Waals surface area contributed by atoms with Gasteiger partial charge < -0.3 is 14.7 Å². The van der Waals surface area contributed by atoms with Crippen LogP contribution in [0.3, 0.4) is 0 Å². The van der Waals surface area contributed by atoms with Gasteiger partial charge in [0.05, 0.1) is 16.8 Å². The van der Waals surface area contributed by atoms with Crippen LogP contribution in [0.5, 0.6) is 5.75 Å². The number of amides is 1. The Morgan fingerprint density at radius 1 is 1.38 bits per heavy atom. The van der Waals surface area contributed by atoms with Gasteiger partial charge in [-0.05, 0) is 38.5 Å². The fourth-order valence-electron chi connectivity index (χ4n) is 3.42. The van der Waals surface area contributed by atoms with E-state index in [1.165, 1.54) is 23.1 Å². The van der Waals surface area contributed by atoms with E-state index in [2.05, 4.69) is 0 Å². The zero-order valence-corrected chi connectivity index (χ0v) is 15.2. The van der Waals surface area contributed by atoms with E-state index in [-0.39, 0.29) is 10.8 Å². The van der Waals surface area contributed by atoms with E-state index in [0.717, 1.165) is 0 Å². The molecule has 2 aliphatic heterocycles. The SMILES string of the molecule is CC1(C)Oc2ccc(S(=O)CC(F)(F)F)cc2[C@H](N2CCCC2=O)[C@H]1O. The number of carbonyl (C=O) groups excluding carboxylic acids is 1. The topological polar surface area (TPSA) is 66.8 Å². The minimum Gasteiger partial charge on any atom is -0.485 e. The summed E-state index contributed by atoms with van der Waals surface area (Å²) in [5.41, 5.74) is -0.590. The van der Waals surface area contributed by atoms with E-state index < -0.39 is 40.5 Å². The maximum absolute atomic E-state index is 12.6. The van der Waals surface area contributed by atoms with Gasteiger partial charge in [-0.1, -0.05) is 0 Å². The Labute approximate surface area is 151 Å². The van der Waals surface area contributed by atoms with Gasteiger partial charge in [-0.15, -0.1) is 0 Å². The first-order valence-corrected chi connectivity index (χ1v) is 9.57. The summed E-state index contributed by atoms with van der Waals surface area (Å²) in [4.78, 5) is 13.7. The van der Waals surface area contributed by atoms with Crippen LogP contribution in [-0.4, -0.2) is 50.3 Å². The maximum Gasteiger partial charge on any atom is 0.400 e. The first kappa shape index (κ1) is 19.2. The first-order chi connectivity index (χ1) is 12.0. The van der Waals surface area contributed by atoms with E-state index >= 15 is 0 Å². The first-order valence-electron chi connectivity index (χ1n) is 8.25. The summed E-state index contributed by atoms with van der Waals surface area (Å²) >= 11 is 0. The molecule has 1 saturated heterocycles. The van der Waals surface area contributed by atoms with Crippen molar-refractivity contribution in [2.45, 2.75) is 55.5 Å². The number of benzene rings is 1. The molecule has 5 nitrogen and oxygen atoms in total. The Morgan fingerprint density at radius 3 is 2.65 bits per heavy atom. The van der Waals surface area contributed by atoms with Crippen molar-refractivity contribution in [1.29, 1.82) is 0 Å². The van der Waals surface area contributed by atoms with Crippen LogP contribution in [0.1, 0.15) is 38.3 Å². The van der Waals surface area contributed by atoms with E-state index in [9.17, 15) is 27.3 Å². The molecule has 1 aromatic carbocycles. The standard InChI is InChI=1S/C17H20F3NO4S/c1-16(2)15(23)14(21-7-3-4-13(21)22)11-8-10(5-6-12(11)25-16)26(24)9-17(18,19)20/h5-6,8,14-15,23H,3-4,7,9H2,1-2H3/t14-,15+,26?/m0/s1. The highest BCUT2D eigenvalue weighted by atomic mass is 32.2. The molecule has 1 fully saturated rings. The van der Waals surface area contributed by atoms with Gasteiger partial charge in [0.15, 0.2) is 0 Å². The van der Waals surface area contributed by atoms with Crippen molar-refractivity contribution < 1.29 is 32.0 Å². The molecule has 1 unspecified atom stereocenters. The number of ether oxygens (including phenoxy) is 1. The normalized spacial score (nSPS) is 26.4. The van der Waals surface area contributed by atoms with Crippen molar-refractivity contribution >= 4 is 16.7 Å².